The van der Waals surface area contributed by atoms with E-state index in [0.29, 0.717) is 15.9 Å². The van der Waals surface area contributed by atoms with Gasteiger partial charge in [-0.3, -0.25) is 14.9 Å². The first-order chi connectivity index (χ1) is 9.29. The Kier molecular flexibility index (Phi) is 5.43. The molecule has 0 amide bonds. The number of hydrogen-bond acceptors (Lipinski definition) is 5. The summed E-state index contributed by atoms with van der Waals surface area (Å²) in [5.41, 5.74) is 0.332. The summed E-state index contributed by atoms with van der Waals surface area (Å²) in [6.45, 7) is 5.21. The smallest absolute Gasteiger partial charge is 0.323 e. The van der Waals surface area contributed by atoms with Crippen LogP contribution in [0.2, 0.25) is 0 Å². The lowest BCUT2D eigenvalue weighted by atomic mass is 10.2. The minimum atomic E-state index is -0.977. The van der Waals surface area contributed by atoms with Gasteiger partial charge in [0, 0.05) is 11.6 Å². The Morgan fingerprint density at radius 3 is 2.70 bits per heavy atom. The summed E-state index contributed by atoms with van der Waals surface area (Å²) in [4.78, 5) is 27.0. The van der Waals surface area contributed by atoms with Crippen molar-refractivity contribution in [2.45, 2.75) is 33.2 Å². The van der Waals surface area contributed by atoms with Crippen LogP contribution in [-0.2, 0) is 4.79 Å². The van der Waals surface area contributed by atoms with Crippen molar-refractivity contribution in [2.24, 2.45) is 0 Å². The number of nitrogens with zero attached hydrogens (tertiary/aromatic N) is 3. The molecule has 0 fully saturated rings. The van der Waals surface area contributed by atoms with E-state index in [1.807, 2.05) is 13.8 Å². The zero-order valence-corrected chi connectivity index (χ0v) is 13.0. The van der Waals surface area contributed by atoms with Gasteiger partial charge in [-0.15, -0.1) is 0 Å². The van der Waals surface area contributed by atoms with Crippen molar-refractivity contribution in [3.8, 4) is 0 Å². The molecule has 20 heavy (non-hydrogen) atoms. The zero-order chi connectivity index (χ0) is 15.4. The number of pyridine rings is 1. The Bertz CT molecular complexity index is 536. The molecule has 1 N–H and O–H groups in total. The number of carbonyl (C=O) groups is 1. The molecular formula is C12H16BrN3O4. The Balaban J connectivity index is 3.31. The van der Waals surface area contributed by atoms with Gasteiger partial charge in [-0.25, -0.2) is 4.98 Å². The Morgan fingerprint density at radius 1 is 1.65 bits per heavy atom. The monoisotopic (exact) mass is 345 g/mol. The highest BCUT2D eigenvalue weighted by molar-refractivity contribution is 9.10. The first-order valence-corrected chi connectivity index (χ1v) is 6.86. The van der Waals surface area contributed by atoms with E-state index in [2.05, 4.69) is 20.9 Å². The molecule has 0 spiro atoms. The number of rotatable bonds is 6. The number of nitro groups is 1. The molecule has 0 bridgehead atoms. The molecule has 1 aromatic rings. The van der Waals surface area contributed by atoms with Gasteiger partial charge in [0.15, 0.2) is 0 Å². The van der Waals surface area contributed by atoms with Crippen molar-refractivity contribution in [3.05, 3.63) is 26.3 Å². The van der Waals surface area contributed by atoms with Gasteiger partial charge in [-0.2, -0.15) is 0 Å². The lowest BCUT2D eigenvalue weighted by molar-refractivity contribution is -0.385. The molecule has 110 valence electrons. The topological polar surface area (TPSA) is 96.6 Å². The molecule has 7 nitrogen and oxygen atoms in total. The van der Waals surface area contributed by atoms with Crippen LogP contribution in [-0.4, -0.2) is 33.6 Å². The summed E-state index contributed by atoms with van der Waals surface area (Å²) >= 11 is 3.29. The number of carboxylic acids is 1. The Hall–Kier alpha value is -1.70. The van der Waals surface area contributed by atoms with Crippen LogP contribution in [0, 0.1) is 17.0 Å². The second kappa shape index (κ2) is 6.65. The fourth-order valence-corrected chi connectivity index (χ4v) is 2.28. The maximum Gasteiger partial charge on any atom is 0.323 e. The van der Waals surface area contributed by atoms with Gasteiger partial charge in [0.2, 0.25) is 0 Å². The summed E-state index contributed by atoms with van der Waals surface area (Å²) in [7, 11) is 0. The third-order valence-electron chi connectivity index (χ3n) is 3.12. The first kappa shape index (κ1) is 16.4. The molecule has 0 saturated carbocycles. The second-order valence-electron chi connectivity index (χ2n) is 4.44. The summed E-state index contributed by atoms with van der Waals surface area (Å²) < 4.78 is 0.452. The van der Waals surface area contributed by atoms with Gasteiger partial charge >= 0.3 is 5.97 Å². The van der Waals surface area contributed by atoms with Crippen LogP contribution in [0.1, 0.15) is 25.8 Å². The van der Waals surface area contributed by atoms with Crippen LogP contribution < -0.4 is 4.90 Å². The number of aromatic nitrogens is 1. The van der Waals surface area contributed by atoms with Crippen LogP contribution in [0.25, 0.3) is 0 Å². The van der Waals surface area contributed by atoms with Crippen molar-refractivity contribution >= 4 is 33.4 Å². The van der Waals surface area contributed by atoms with Crippen molar-refractivity contribution in [1.82, 2.24) is 4.98 Å². The van der Waals surface area contributed by atoms with E-state index in [-0.39, 0.29) is 18.3 Å². The standard InChI is InChI=1S/C12H16BrN3O4/c1-4-7(2)15(6-10(17)18)12-11(13)8(3)9(5-14-12)16(19)20/h5,7H,4,6H2,1-3H3,(H,17,18). The van der Waals surface area contributed by atoms with Gasteiger partial charge in [0.05, 0.1) is 9.40 Å². The summed E-state index contributed by atoms with van der Waals surface area (Å²) in [6.07, 6.45) is 1.89. The van der Waals surface area contributed by atoms with E-state index in [1.165, 1.54) is 0 Å². The summed E-state index contributed by atoms with van der Waals surface area (Å²) in [5, 5.41) is 19.9. The molecule has 1 heterocycles. The largest absolute Gasteiger partial charge is 0.480 e. The van der Waals surface area contributed by atoms with E-state index in [9.17, 15) is 14.9 Å². The summed E-state index contributed by atoms with van der Waals surface area (Å²) in [5.74, 6) is -0.570. The fourth-order valence-electron chi connectivity index (χ4n) is 1.75. The third kappa shape index (κ3) is 3.44. The van der Waals surface area contributed by atoms with Crippen LogP contribution in [0.15, 0.2) is 10.7 Å². The third-order valence-corrected chi connectivity index (χ3v) is 4.07. The quantitative estimate of drug-likeness (QED) is 0.628. The van der Waals surface area contributed by atoms with E-state index < -0.39 is 10.9 Å². The SMILES string of the molecule is CCC(C)N(CC(=O)O)c1ncc([N+](=O)[O-])c(C)c1Br. The predicted molar refractivity (Wildman–Crippen MR) is 78.1 cm³/mol. The number of anilines is 1. The van der Waals surface area contributed by atoms with E-state index >= 15 is 0 Å². The average molecular weight is 346 g/mol. The molecule has 1 rings (SSSR count). The van der Waals surface area contributed by atoms with Crippen molar-refractivity contribution in [1.29, 1.82) is 0 Å². The van der Waals surface area contributed by atoms with Gasteiger partial charge in [0.1, 0.15) is 18.6 Å². The highest BCUT2D eigenvalue weighted by Gasteiger charge is 2.24. The maximum atomic E-state index is 11.0. The number of carboxylic acid groups (broad SMARTS) is 1. The van der Waals surface area contributed by atoms with Gasteiger partial charge in [-0.1, -0.05) is 6.92 Å². The van der Waals surface area contributed by atoms with E-state index in [0.717, 1.165) is 12.6 Å². The molecule has 1 aromatic heterocycles. The highest BCUT2D eigenvalue weighted by atomic mass is 79.9. The molecule has 1 unspecified atom stereocenters. The molecule has 0 radical (unpaired) electrons. The average Bonchev–Trinajstić information content (AvgIpc) is 2.38. The molecular weight excluding hydrogens is 330 g/mol. The van der Waals surface area contributed by atoms with Crippen molar-refractivity contribution < 1.29 is 14.8 Å². The lowest BCUT2D eigenvalue weighted by Crippen LogP contribution is -2.38. The van der Waals surface area contributed by atoms with Crippen molar-refractivity contribution in [3.63, 3.8) is 0 Å². The van der Waals surface area contributed by atoms with Crippen LogP contribution >= 0.6 is 15.9 Å². The van der Waals surface area contributed by atoms with Gasteiger partial charge in [-0.05, 0) is 36.2 Å². The van der Waals surface area contributed by atoms with Crippen molar-refractivity contribution in [2.75, 3.05) is 11.4 Å². The zero-order valence-electron chi connectivity index (χ0n) is 11.5. The van der Waals surface area contributed by atoms with Crippen LogP contribution in [0.5, 0.6) is 0 Å². The highest BCUT2D eigenvalue weighted by Crippen LogP contribution is 2.33. The molecule has 0 aliphatic heterocycles. The Morgan fingerprint density at radius 2 is 2.25 bits per heavy atom. The maximum absolute atomic E-state index is 11.0. The Labute approximate surface area is 124 Å². The number of hydrogen-bond donors (Lipinski definition) is 1. The fraction of sp³-hybridized carbons (Fsp3) is 0.500. The van der Waals surface area contributed by atoms with Crippen LogP contribution in [0.3, 0.4) is 0 Å². The van der Waals surface area contributed by atoms with E-state index in [4.69, 9.17) is 5.11 Å². The molecule has 0 aliphatic carbocycles. The molecule has 0 saturated heterocycles. The molecule has 8 heteroatoms. The minimum Gasteiger partial charge on any atom is -0.480 e. The molecule has 1 atom stereocenters. The number of aliphatic carboxylic acids is 1. The second-order valence-corrected chi connectivity index (χ2v) is 5.24. The predicted octanol–water partition coefficient (Wildman–Crippen LogP) is 2.75. The van der Waals surface area contributed by atoms with Crippen LogP contribution in [0.4, 0.5) is 11.5 Å². The summed E-state index contributed by atoms with van der Waals surface area (Å²) in [6, 6.07) is -0.0456. The minimum absolute atomic E-state index is 0.0456. The van der Waals surface area contributed by atoms with Gasteiger partial charge in [0.25, 0.3) is 5.69 Å². The molecule has 0 aliphatic rings. The lowest BCUT2D eigenvalue weighted by Gasteiger charge is -2.29. The number of halogens is 1. The first-order valence-electron chi connectivity index (χ1n) is 6.07. The normalized spacial score (nSPS) is 12.0. The van der Waals surface area contributed by atoms with E-state index in [1.54, 1.807) is 11.8 Å². The molecule has 0 aromatic carbocycles. The van der Waals surface area contributed by atoms with Gasteiger partial charge < -0.3 is 10.0 Å².